The second kappa shape index (κ2) is 15.8. The molecule has 0 spiro atoms. The number of imidazole rings is 3. The Balaban J connectivity index is 0.000000200. The summed E-state index contributed by atoms with van der Waals surface area (Å²) in [5, 5.41) is 4.43. The molecule has 0 saturated heterocycles. The summed E-state index contributed by atoms with van der Waals surface area (Å²) in [7, 11) is 0. The predicted molar refractivity (Wildman–Crippen MR) is 202 cm³/mol. The van der Waals surface area contributed by atoms with Gasteiger partial charge in [0.1, 0.15) is 16.9 Å². The molecule has 1 atom stereocenters. The maximum Gasteiger partial charge on any atom is 0.255 e. The van der Waals surface area contributed by atoms with Crippen LogP contribution in [0.2, 0.25) is 10.0 Å². The largest absolute Gasteiger partial charge is 0.349 e. The SMILES string of the molecule is C[C@H](NC(=O)c1c[nH]c2ncc(-c3cn(-c4cccc(Cl)c4)cn3)nc12)C(C)(C)C.Cc1cn(-c2cccc(Cl)c2)cn1.Ic1cnc[nH]1. The number of hydrogen-bond donors (Lipinski definition) is 3. The summed E-state index contributed by atoms with van der Waals surface area (Å²) in [4.78, 5) is 40.1. The zero-order valence-corrected chi connectivity index (χ0v) is 31.2. The zero-order valence-electron chi connectivity index (χ0n) is 27.5. The summed E-state index contributed by atoms with van der Waals surface area (Å²) >= 11 is 14.1. The molecule has 0 aliphatic carbocycles. The predicted octanol–water partition coefficient (Wildman–Crippen LogP) is 8.48. The van der Waals surface area contributed by atoms with Crippen LogP contribution < -0.4 is 5.32 Å². The van der Waals surface area contributed by atoms with E-state index in [2.05, 4.69) is 83.6 Å². The molecule has 252 valence electrons. The summed E-state index contributed by atoms with van der Waals surface area (Å²) in [6.07, 6.45) is 14.0. The highest BCUT2D eigenvalue weighted by molar-refractivity contribution is 14.1. The molecule has 7 rings (SSSR count). The van der Waals surface area contributed by atoms with E-state index in [1.807, 2.05) is 83.9 Å². The minimum Gasteiger partial charge on any atom is -0.349 e. The van der Waals surface area contributed by atoms with E-state index in [0.29, 0.717) is 33.1 Å². The first-order chi connectivity index (χ1) is 23.4. The Bertz CT molecular complexity index is 2150. The second-order valence-electron chi connectivity index (χ2n) is 12.2. The monoisotopic (exact) mass is 808 g/mol. The Labute approximate surface area is 307 Å². The molecule has 0 saturated carbocycles. The van der Waals surface area contributed by atoms with E-state index >= 15 is 0 Å². The van der Waals surface area contributed by atoms with Crippen molar-refractivity contribution in [1.82, 2.24) is 49.3 Å². The number of fused-ring (bicyclic) bond motifs is 1. The Kier molecular flexibility index (Phi) is 11.5. The van der Waals surface area contributed by atoms with Crippen molar-refractivity contribution in [2.45, 2.75) is 40.7 Å². The quantitative estimate of drug-likeness (QED) is 0.149. The zero-order chi connectivity index (χ0) is 35.1. The number of benzene rings is 2. The van der Waals surface area contributed by atoms with E-state index in [0.717, 1.165) is 25.8 Å². The Morgan fingerprint density at radius 2 is 1.55 bits per heavy atom. The first-order valence-corrected chi connectivity index (χ1v) is 17.1. The maximum absolute atomic E-state index is 12.8. The fraction of sp³-hybridized carbons (Fsp3) is 0.200. The van der Waals surface area contributed by atoms with Crippen LogP contribution in [0.25, 0.3) is 33.9 Å². The molecule has 0 bridgehead atoms. The van der Waals surface area contributed by atoms with Crippen LogP contribution >= 0.6 is 45.8 Å². The molecule has 0 radical (unpaired) electrons. The number of amides is 1. The fourth-order valence-corrected chi connectivity index (χ4v) is 5.02. The van der Waals surface area contributed by atoms with E-state index in [9.17, 15) is 4.79 Å². The van der Waals surface area contributed by atoms with Crippen LogP contribution in [0.1, 0.15) is 43.7 Å². The lowest BCUT2D eigenvalue weighted by Crippen LogP contribution is -2.41. The van der Waals surface area contributed by atoms with E-state index in [4.69, 9.17) is 23.2 Å². The van der Waals surface area contributed by atoms with Gasteiger partial charge in [0.25, 0.3) is 5.91 Å². The van der Waals surface area contributed by atoms with Gasteiger partial charge in [-0.3, -0.25) is 4.79 Å². The van der Waals surface area contributed by atoms with Crippen molar-refractivity contribution in [3.05, 3.63) is 124 Å². The van der Waals surface area contributed by atoms with Crippen molar-refractivity contribution in [3.63, 3.8) is 0 Å². The van der Waals surface area contributed by atoms with Gasteiger partial charge in [-0.1, -0.05) is 56.1 Å². The minimum absolute atomic E-state index is 0.000475. The van der Waals surface area contributed by atoms with Crippen LogP contribution in [0.3, 0.4) is 0 Å². The number of H-pyrrole nitrogens is 2. The average Bonchev–Trinajstić information content (AvgIpc) is 3.89. The highest BCUT2D eigenvalue weighted by Crippen LogP contribution is 2.24. The number of rotatable bonds is 5. The van der Waals surface area contributed by atoms with Crippen LogP contribution in [0.4, 0.5) is 0 Å². The molecule has 0 fully saturated rings. The first-order valence-electron chi connectivity index (χ1n) is 15.2. The lowest BCUT2D eigenvalue weighted by molar-refractivity contribution is 0.0911. The van der Waals surface area contributed by atoms with Gasteiger partial charge in [-0.2, -0.15) is 0 Å². The molecule has 11 nitrogen and oxygen atoms in total. The highest BCUT2D eigenvalue weighted by Gasteiger charge is 2.24. The van der Waals surface area contributed by atoms with Crippen molar-refractivity contribution >= 4 is 62.9 Å². The molecule has 3 N–H and O–H groups in total. The molecule has 0 unspecified atom stereocenters. The van der Waals surface area contributed by atoms with Crippen molar-refractivity contribution in [3.8, 4) is 22.8 Å². The van der Waals surface area contributed by atoms with Crippen LogP contribution in [-0.4, -0.2) is 56.0 Å². The second-order valence-corrected chi connectivity index (χ2v) is 14.2. The summed E-state index contributed by atoms with van der Waals surface area (Å²) in [6, 6.07) is 15.2. The fourth-order valence-electron chi connectivity index (χ4n) is 4.35. The number of aromatic amines is 2. The van der Waals surface area contributed by atoms with E-state index in [1.165, 1.54) is 0 Å². The number of nitrogens with one attached hydrogen (secondary N) is 3. The van der Waals surface area contributed by atoms with Gasteiger partial charge in [0.2, 0.25) is 0 Å². The highest BCUT2D eigenvalue weighted by atomic mass is 127. The molecule has 5 aromatic heterocycles. The number of aromatic nitrogens is 9. The standard InChI is InChI=1S/C22H23ClN6O.C10H9ClN2.C3H3IN2/c1-13(22(2,3)4)27-21(30)16-9-24-20-19(16)28-17(10-25-20)18-11-29(12-26-18)15-7-5-6-14(23)8-15;1-8-6-13(7-12-8)10-4-2-3-9(11)5-10;4-3-1-5-2-6-3/h5-13H,1-4H3,(H,24,25)(H,27,30);2-7H,1H3;1-2H,(H,5,6)/t13-;;/m0../s1. The molecular formula is C35H35Cl2IN10O. The van der Waals surface area contributed by atoms with Crippen LogP contribution in [0.15, 0.2) is 98.5 Å². The average molecular weight is 810 g/mol. The third-order valence-electron chi connectivity index (χ3n) is 7.51. The summed E-state index contributed by atoms with van der Waals surface area (Å²) in [6.45, 7) is 10.2. The molecular weight excluding hydrogens is 774 g/mol. The topological polar surface area (TPSA) is 135 Å². The van der Waals surface area contributed by atoms with Gasteiger partial charge >= 0.3 is 0 Å². The minimum atomic E-state index is -0.181. The van der Waals surface area contributed by atoms with Gasteiger partial charge in [-0.05, 0) is 78.3 Å². The number of carbonyl (C=O) groups is 1. The summed E-state index contributed by atoms with van der Waals surface area (Å²) < 4.78 is 4.89. The normalized spacial score (nSPS) is 11.7. The Morgan fingerprint density at radius 1 is 0.898 bits per heavy atom. The number of hydrogen-bond acceptors (Lipinski definition) is 6. The van der Waals surface area contributed by atoms with Crippen LogP contribution in [0.5, 0.6) is 0 Å². The maximum atomic E-state index is 12.8. The summed E-state index contributed by atoms with van der Waals surface area (Å²) in [5.41, 5.74) is 5.66. The van der Waals surface area contributed by atoms with Gasteiger partial charge in [0, 0.05) is 46.1 Å². The van der Waals surface area contributed by atoms with Crippen molar-refractivity contribution < 1.29 is 4.79 Å². The van der Waals surface area contributed by atoms with Crippen molar-refractivity contribution in [1.29, 1.82) is 0 Å². The van der Waals surface area contributed by atoms with Crippen LogP contribution in [-0.2, 0) is 0 Å². The third-order valence-corrected chi connectivity index (χ3v) is 8.57. The Morgan fingerprint density at radius 3 is 2.08 bits per heavy atom. The molecule has 1 amide bonds. The number of aryl methyl sites for hydroxylation is 1. The molecule has 49 heavy (non-hydrogen) atoms. The van der Waals surface area contributed by atoms with Crippen molar-refractivity contribution in [2.24, 2.45) is 5.41 Å². The molecule has 2 aromatic carbocycles. The van der Waals surface area contributed by atoms with Crippen LogP contribution in [0, 0.1) is 16.0 Å². The number of nitrogens with zero attached hydrogens (tertiary/aromatic N) is 7. The van der Waals surface area contributed by atoms with Crippen molar-refractivity contribution in [2.75, 3.05) is 0 Å². The molecule has 0 aliphatic heterocycles. The Hall–Kier alpha value is -4.53. The van der Waals surface area contributed by atoms with Gasteiger partial charge < -0.3 is 24.4 Å². The van der Waals surface area contributed by atoms with Gasteiger partial charge in [-0.15, -0.1) is 0 Å². The lowest BCUT2D eigenvalue weighted by Gasteiger charge is -2.27. The van der Waals surface area contributed by atoms with E-state index in [1.54, 1.807) is 37.6 Å². The third kappa shape index (κ3) is 9.55. The number of carbonyl (C=O) groups excluding carboxylic acids is 1. The lowest BCUT2D eigenvalue weighted by atomic mass is 9.88. The molecule has 14 heteroatoms. The van der Waals surface area contributed by atoms with Gasteiger partial charge in [0.15, 0.2) is 5.65 Å². The summed E-state index contributed by atoms with van der Waals surface area (Å²) in [5.74, 6) is -0.181. The van der Waals surface area contributed by atoms with Gasteiger partial charge in [0.05, 0.1) is 46.3 Å². The molecule has 0 aliphatic rings. The molecule has 5 heterocycles. The molecule has 7 aromatic rings. The number of halogens is 3. The smallest absolute Gasteiger partial charge is 0.255 e. The van der Waals surface area contributed by atoms with E-state index < -0.39 is 0 Å². The van der Waals surface area contributed by atoms with Gasteiger partial charge in [-0.25, -0.2) is 24.9 Å². The van der Waals surface area contributed by atoms with E-state index in [-0.39, 0.29) is 17.4 Å². The first kappa shape index (κ1) is 35.8.